The molecule has 1 aliphatic rings. The second-order valence-electron chi connectivity index (χ2n) is 7.09. The molecule has 0 unspecified atom stereocenters. The average Bonchev–Trinajstić information content (AvgIpc) is 2.85. The highest BCUT2D eigenvalue weighted by molar-refractivity contribution is 14.0. The zero-order chi connectivity index (χ0) is 18.6. The lowest BCUT2D eigenvalue weighted by Gasteiger charge is -2.23. The fraction of sp³-hybridized carbons (Fsp3) is 0.400. The summed E-state index contributed by atoms with van der Waals surface area (Å²) in [6.45, 7) is 8.16. The van der Waals surface area contributed by atoms with E-state index in [0.717, 1.165) is 34.9 Å². The van der Waals surface area contributed by atoms with Crippen molar-refractivity contribution in [1.82, 2.24) is 4.98 Å². The van der Waals surface area contributed by atoms with E-state index >= 15 is 0 Å². The van der Waals surface area contributed by atoms with Crippen molar-refractivity contribution < 1.29 is 9.47 Å². The molecule has 0 spiro atoms. The molecule has 3 rings (SSSR count). The van der Waals surface area contributed by atoms with Gasteiger partial charge in [0.15, 0.2) is 17.5 Å². The molecule has 7 heteroatoms. The van der Waals surface area contributed by atoms with E-state index in [1.165, 1.54) is 0 Å². The predicted octanol–water partition coefficient (Wildman–Crippen LogP) is 3.87. The minimum absolute atomic E-state index is 0. The van der Waals surface area contributed by atoms with Gasteiger partial charge in [-0.2, -0.15) is 0 Å². The molecule has 6 nitrogen and oxygen atoms in total. The molecule has 0 saturated carbocycles. The maximum Gasteiger partial charge on any atom is 0.193 e. The van der Waals surface area contributed by atoms with E-state index in [2.05, 4.69) is 42.1 Å². The Bertz CT molecular complexity index is 808. The Balaban J connectivity index is 0.00000261. The average molecular weight is 482 g/mol. The van der Waals surface area contributed by atoms with Crippen LogP contribution in [0.15, 0.2) is 41.5 Å². The summed E-state index contributed by atoms with van der Waals surface area (Å²) < 4.78 is 11.3. The van der Waals surface area contributed by atoms with Crippen molar-refractivity contribution in [2.24, 2.45) is 10.7 Å². The number of anilines is 1. The lowest BCUT2D eigenvalue weighted by molar-refractivity contribution is 0.297. The molecule has 3 N–H and O–H groups in total. The molecule has 2 aromatic rings. The van der Waals surface area contributed by atoms with Crippen molar-refractivity contribution in [2.45, 2.75) is 32.6 Å². The number of pyridine rings is 1. The molecular weight excluding hydrogens is 455 g/mol. The first kappa shape index (κ1) is 21.3. The maximum absolute atomic E-state index is 6.08. The predicted molar refractivity (Wildman–Crippen MR) is 120 cm³/mol. The van der Waals surface area contributed by atoms with Crippen LogP contribution in [0.5, 0.6) is 11.5 Å². The van der Waals surface area contributed by atoms with Gasteiger partial charge in [0.25, 0.3) is 0 Å². The van der Waals surface area contributed by atoms with Crippen molar-refractivity contribution in [2.75, 3.05) is 25.1 Å². The number of hydrogen-bond acceptors (Lipinski definition) is 4. The molecular formula is C20H27IN4O2. The van der Waals surface area contributed by atoms with Gasteiger partial charge in [-0.15, -0.1) is 24.0 Å². The third kappa shape index (κ3) is 5.47. The van der Waals surface area contributed by atoms with Gasteiger partial charge in [-0.1, -0.05) is 19.9 Å². The molecule has 0 fully saturated rings. The van der Waals surface area contributed by atoms with Crippen molar-refractivity contribution in [3.63, 3.8) is 0 Å². The number of aryl methyl sites for hydroxylation is 1. The monoisotopic (exact) mass is 482 g/mol. The highest BCUT2D eigenvalue weighted by Crippen LogP contribution is 2.32. The number of nitrogens with zero attached hydrogens (tertiary/aromatic N) is 2. The van der Waals surface area contributed by atoms with Crippen LogP contribution in [0.25, 0.3) is 0 Å². The zero-order valence-corrected chi connectivity index (χ0v) is 18.3. The molecule has 146 valence electrons. The van der Waals surface area contributed by atoms with Gasteiger partial charge < -0.3 is 20.5 Å². The van der Waals surface area contributed by atoms with E-state index in [0.29, 0.717) is 25.7 Å². The molecule has 1 aromatic heterocycles. The third-order valence-electron chi connectivity index (χ3n) is 4.32. The van der Waals surface area contributed by atoms with Crippen molar-refractivity contribution in [1.29, 1.82) is 0 Å². The Hall–Kier alpha value is -2.03. The van der Waals surface area contributed by atoms with Crippen LogP contribution >= 0.6 is 24.0 Å². The number of aromatic nitrogens is 1. The number of guanidine groups is 1. The van der Waals surface area contributed by atoms with E-state index in [1.807, 2.05) is 30.5 Å². The number of benzene rings is 1. The van der Waals surface area contributed by atoms with Gasteiger partial charge in [0, 0.05) is 29.8 Å². The van der Waals surface area contributed by atoms with Crippen LogP contribution in [0.3, 0.4) is 0 Å². The summed E-state index contributed by atoms with van der Waals surface area (Å²) in [6, 6.07) is 9.68. The van der Waals surface area contributed by atoms with Gasteiger partial charge in [-0.05, 0) is 30.7 Å². The highest BCUT2D eigenvalue weighted by atomic mass is 127. The summed E-state index contributed by atoms with van der Waals surface area (Å²) >= 11 is 0. The second-order valence-corrected chi connectivity index (χ2v) is 7.09. The minimum Gasteiger partial charge on any atom is -0.490 e. The number of hydrogen-bond donors (Lipinski definition) is 2. The molecule has 1 aliphatic heterocycles. The van der Waals surface area contributed by atoms with E-state index in [-0.39, 0.29) is 29.4 Å². The fourth-order valence-corrected chi connectivity index (χ4v) is 2.98. The number of aliphatic imine (C=N–C) groups is 1. The number of halogens is 1. The van der Waals surface area contributed by atoms with Gasteiger partial charge in [0.2, 0.25) is 0 Å². The molecule has 1 aromatic carbocycles. The first-order valence-corrected chi connectivity index (χ1v) is 8.84. The standard InChI is InChI=1S/C20H26N4O2.HI/c1-14-6-4-9-22-18(14)20(2,3)13-23-19(21)24-15-7-8-16-17(12-15)26-11-5-10-25-16;/h4,6-9,12H,5,10-11,13H2,1-3H3,(H3,21,23,24);1H. The van der Waals surface area contributed by atoms with Crippen LogP contribution in [0.2, 0.25) is 0 Å². The summed E-state index contributed by atoms with van der Waals surface area (Å²) in [6.07, 6.45) is 2.69. The molecule has 0 aliphatic carbocycles. The second kappa shape index (κ2) is 9.25. The first-order valence-electron chi connectivity index (χ1n) is 8.84. The van der Waals surface area contributed by atoms with E-state index in [4.69, 9.17) is 15.2 Å². The van der Waals surface area contributed by atoms with Gasteiger partial charge in [0.05, 0.1) is 25.5 Å². The quantitative estimate of drug-likeness (QED) is 0.393. The summed E-state index contributed by atoms with van der Waals surface area (Å²) in [4.78, 5) is 9.02. The molecule has 2 heterocycles. The van der Waals surface area contributed by atoms with E-state index < -0.39 is 0 Å². The Labute approximate surface area is 177 Å². The number of rotatable bonds is 4. The van der Waals surface area contributed by atoms with Gasteiger partial charge >= 0.3 is 0 Å². The summed E-state index contributed by atoms with van der Waals surface area (Å²) in [5, 5.41) is 3.12. The van der Waals surface area contributed by atoms with E-state index in [1.54, 1.807) is 0 Å². The molecule has 0 radical (unpaired) electrons. The largest absolute Gasteiger partial charge is 0.490 e. The van der Waals surface area contributed by atoms with E-state index in [9.17, 15) is 0 Å². The molecule has 0 atom stereocenters. The van der Waals surface area contributed by atoms with Crippen LogP contribution in [0, 0.1) is 6.92 Å². The van der Waals surface area contributed by atoms with Crippen LogP contribution in [-0.2, 0) is 5.41 Å². The molecule has 0 saturated heterocycles. The summed E-state index contributed by atoms with van der Waals surface area (Å²) in [7, 11) is 0. The van der Waals surface area contributed by atoms with Crippen LogP contribution < -0.4 is 20.5 Å². The lowest BCUT2D eigenvalue weighted by Crippen LogP contribution is -2.29. The van der Waals surface area contributed by atoms with Crippen LogP contribution in [-0.4, -0.2) is 30.7 Å². The molecule has 0 amide bonds. The highest BCUT2D eigenvalue weighted by Gasteiger charge is 2.23. The summed E-state index contributed by atoms with van der Waals surface area (Å²) in [5.41, 5.74) is 8.89. The van der Waals surface area contributed by atoms with Crippen molar-refractivity contribution >= 4 is 35.6 Å². The number of nitrogens with two attached hydrogens (primary N) is 1. The SMILES string of the molecule is Cc1cccnc1C(C)(C)CN=C(N)Nc1ccc2c(c1)OCCCO2.I. The van der Waals surface area contributed by atoms with Crippen molar-refractivity contribution in [3.8, 4) is 11.5 Å². The van der Waals surface area contributed by atoms with Crippen LogP contribution in [0.1, 0.15) is 31.5 Å². The topological polar surface area (TPSA) is 81.8 Å². The lowest BCUT2D eigenvalue weighted by atomic mass is 9.86. The fourth-order valence-electron chi connectivity index (χ4n) is 2.98. The molecule has 27 heavy (non-hydrogen) atoms. The van der Waals surface area contributed by atoms with Gasteiger partial charge in [-0.25, -0.2) is 0 Å². The third-order valence-corrected chi connectivity index (χ3v) is 4.32. The summed E-state index contributed by atoms with van der Waals surface area (Å²) in [5.74, 6) is 1.85. The van der Waals surface area contributed by atoms with Gasteiger partial charge in [-0.3, -0.25) is 9.98 Å². The zero-order valence-electron chi connectivity index (χ0n) is 16.0. The first-order chi connectivity index (χ1) is 12.5. The molecule has 0 bridgehead atoms. The Morgan fingerprint density at radius 1 is 1.22 bits per heavy atom. The smallest absolute Gasteiger partial charge is 0.193 e. The van der Waals surface area contributed by atoms with Crippen molar-refractivity contribution in [3.05, 3.63) is 47.8 Å². The van der Waals surface area contributed by atoms with Crippen LogP contribution in [0.4, 0.5) is 5.69 Å². The number of ether oxygens (including phenoxy) is 2. The maximum atomic E-state index is 6.08. The minimum atomic E-state index is -0.206. The Morgan fingerprint density at radius 2 is 1.96 bits per heavy atom. The number of nitrogens with one attached hydrogen (secondary N) is 1. The Kier molecular flexibility index (Phi) is 7.29. The normalized spacial score (nSPS) is 14.1. The Morgan fingerprint density at radius 3 is 2.70 bits per heavy atom. The van der Waals surface area contributed by atoms with Gasteiger partial charge in [0.1, 0.15) is 0 Å². The number of fused-ring (bicyclic) bond motifs is 1.